The second kappa shape index (κ2) is 9.59. The van der Waals surface area contributed by atoms with Gasteiger partial charge in [-0.05, 0) is 49.6 Å². The Labute approximate surface area is 168 Å². The minimum absolute atomic E-state index is 0.0592. The van der Waals surface area contributed by atoms with E-state index in [-0.39, 0.29) is 30.0 Å². The second-order valence-electron chi connectivity index (χ2n) is 6.71. The summed E-state index contributed by atoms with van der Waals surface area (Å²) in [6, 6.07) is 9.64. The highest BCUT2D eigenvalue weighted by Crippen LogP contribution is 2.25. The largest absolute Gasteiger partial charge is 0.457 e. The number of nitrogens with zero attached hydrogens (tertiary/aromatic N) is 1. The van der Waals surface area contributed by atoms with Crippen LogP contribution in [0.25, 0.3) is 0 Å². The smallest absolute Gasteiger partial charge is 0.306 e. The van der Waals surface area contributed by atoms with Crippen LogP contribution in [0.15, 0.2) is 36.4 Å². The number of carbonyl (C=O) groups is 3. The third-order valence-corrected chi connectivity index (χ3v) is 4.37. The molecule has 0 aliphatic carbocycles. The summed E-state index contributed by atoms with van der Waals surface area (Å²) in [5.41, 5.74) is 2.99. The van der Waals surface area contributed by atoms with Gasteiger partial charge in [0, 0.05) is 18.1 Å². The molecule has 2 aromatic rings. The predicted molar refractivity (Wildman–Crippen MR) is 107 cm³/mol. The fourth-order valence-corrected chi connectivity index (χ4v) is 2.54. The van der Waals surface area contributed by atoms with E-state index in [0.29, 0.717) is 11.1 Å². The van der Waals surface area contributed by atoms with Crippen molar-refractivity contribution in [2.24, 2.45) is 0 Å². The number of nitro benzene ring substituents is 1. The SMILES string of the molecule is Cc1ccc(NC(=O)CCC(=O)OCC(=O)c2ccc(C)c(C)c2)c([N+](=O)[O-])c1. The minimum Gasteiger partial charge on any atom is -0.457 e. The number of aryl methyl sites for hydroxylation is 3. The van der Waals surface area contributed by atoms with Crippen molar-refractivity contribution < 1.29 is 24.0 Å². The van der Waals surface area contributed by atoms with Gasteiger partial charge in [0.2, 0.25) is 5.91 Å². The first-order chi connectivity index (χ1) is 13.7. The third-order valence-electron chi connectivity index (χ3n) is 4.37. The molecule has 29 heavy (non-hydrogen) atoms. The average Bonchev–Trinajstić information content (AvgIpc) is 2.67. The fraction of sp³-hybridized carbons (Fsp3) is 0.286. The molecule has 8 nitrogen and oxygen atoms in total. The van der Waals surface area contributed by atoms with Crippen molar-refractivity contribution in [1.29, 1.82) is 0 Å². The number of esters is 1. The topological polar surface area (TPSA) is 116 Å². The summed E-state index contributed by atoms with van der Waals surface area (Å²) in [7, 11) is 0. The van der Waals surface area contributed by atoms with Crippen LogP contribution in [0.3, 0.4) is 0 Å². The standard InChI is InChI=1S/C21H22N2O6/c1-13-4-7-17(18(10-13)23(27)28)22-20(25)8-9-21(26)29-12-19(24)16-6-5-14(2)15(3)11-16/h4-7,10-11H,8-9,12H2,1-3H3,(H,22,25). The lowest BCUT2D eigenvalue weighted by atomic mass is 10.0. The highest BCUT2D eigenvalue weighted by molar-refractivity contribution is 5.98. The molecule has 0 saturated heterocycles. The predicted octanol–water partition coefficient (Wildman–Crippen LogP) is 3.66. The molecule has 0 bridgehead atoms. The lowest BCUT2D eigenvalue weighted by molar-refractivity contribution is -0.384. The Hall–Kier alpha value is -3.55. The molecule has 2 rings (SSSR count). The maximum atomic E-state index is 12.1. The van der Waals surface area contributed by atoms with Crippen molar-refractivity contribution in [3.8, 4) is 0 Å². The van der Waals surface area contributed by atoms with Gasteiger partial charge in [-0.2, -0.15) is 0 Å². The number of nitro groups is 1. The molecule has 0 heterocycles. The Morgan fingerprint density at radius 1 is 1.00 bits per heavy atom. The summed E-state index contributed by atoms with van der Waals surface area (Å²) >= 11 is 0. The fourth-order valence-electron chi connectivity index (χ4n) is 2.54. The zero-order valence-corrected chi connectivity index (χ0v) is 16.5. The Kier molecular flexibility index (Phi) is 7.19. The van der Waals surface area contributed by atoms with Crippen molar-refractivity contribution in [3.05, 3.63) is 68.8 Å². The van der Waals surface area contributed by atoms with Crippen LogP contribution >= 0.6 is 0 Å². The van der Waals surface area contributed by atoms with E-state index in [0.717, 1.165) is 11.1 Å². The van der Waals surface area contributed by atoms with Crippen LogP contribution in [0.5, 0.6) is 0 Å². The van der Waals surface area contributed by atoms with E-state index in [1.165, 1.54) is 12.1 Å². The number of hydrogen-bond donors (Lipinski definition) is 1. The summed E-state index contributed by atoms with van der Waals surface area (Å²) in [6.45, 7) is 5.11. The van der Waals surface area contributed by atoms with Crippen molar-refractivity contribution in [1.82, 2.24) is 0 Å². The Bertz CT molecular complexity index is 968. The van der Waals surface area contributed by atoms with Gasteiger partial charge in [-0.15, -0.1) is 0 Å². The second-order valence-corrected chi connectivity index (χ2v) is 6.71. The van der Waals surface area contributed by atoms with E-state index < -0.39 is 23.4 Å². The van der Waals surface area contributed by atoms with Crippen molar-refractivity contribution in [3.63, 3.8) is 0 Å². The van der Waals surface area contributed by atoms with Gasteiger partial charge in [-0.3, -0.25) is 24.5 Å². The van der Waals surface area contributed by atoms with Crippen molar-refractivity contribution in [2.45, 2.75) is 33.6 Å². The van der Waals surface area contributed by atoms with Gasteiger partial charge >= 0.3 is 5.97 Å². The molecule has 0 saturated carbocycles. The monoisotopic (exact) mass is 398 g/mol. The quantitative estimate of drug-likeness (QED) is 0.314. The summed E-state index contributed by atoms with van der Waals surface area (Å²) in [5, 5.41) is 13.5. The molecule has 1 N–H and O–H groups in total. The van der Waals surface area contributed by atoms with Crippen molar-refractivity contribution >= 4 is 29.0 Å². The van der Waals surface area contributed by atoms with Gasteiger partial charge in [-0.25, -0.2) is 0 Å². The number of amides is 1. The first-order valence-corrected chi connectivity index (χ1v) is 8.98. The van der Waals surface area contributed by atoms with E-state index in [4.69, 9.17) is 4.74 Å². The van der Waals surface area contributed by atoms with E-state index in [1.54, 1.807) is 25.1 Å². The van der Waals surface area contributed by atoms with Crippen LogP contribution in [-0.4, -0.2) is 29.2 Å². The van der Waals surface area contributed by atoms with Crippen molar-refractivity contribution in [2.75, 3.05) is 11.9 Å². The molecule has 0 aliphatic heterocycles. The Morgan fingerprint density at radius 2 is 1.72 bits per heavy atom. The maximum Gasteiger partial charge on any atom is 0.306 e. The van der Waals surface area contributed by atoms with Gasteiger partial charge in [0.25, 0.3) is 5.69 Å². The average molecular weight is 398 g/mol. The molecule has 0 fully saturated rings. The van der Waals surface area contributed by atoms with E-state index in [2.05, 4.69) is 5.32 Å². The van der Waals surface area contributed by atoms with Crippen LogP contribution in [0.2, 0.25) is 0 Å². The first-order valence-electron chi connectivity index (χ1n) is 8.98. The van der Waals surface area contributed by atoms with E-state index in [9.17, 15) is 24.5 Å². The zero-order valence-electron chi connectivity index (χ0n) is 16.5. The van der Waals surface area contributed by atoms with E-state index in [1.807, 2.05) is 19.9 Å². The molecule has 0 spiro atoms. The minimum atomic E-state index is -0.698. The number of ketones is 1. The molecular formula is C21H22N2O6. The highest BCUT2D eigenvalue weighted by atomic mass is 16.6. The number of Topliss-reactive ketones (excluding diaryl/α,β-unsaturated/α-hetero) is 1. The Morgan fingerprint density at radius 3 is 2.38 bits per heavy atom. The molecule has 2 aromatic carbocycles. The molecule has 8 heteroatoms. The summed E-state index contributed by atoms with van der Waals surface area (Å²) in [5.74, 6) is -1.59. The van der Waals surface area contributed by atoms with Gasteiger partial charge in [-0.1, -0.05) is 18.2 Å². The first kappa shape index (κ1) is 21.7. The van der Waals surface area contributed by atoms with Gasteiger partial charge in [0.1, 0.15) is 5.69 Å². The van der Waals surface area contributed by atoms with E-state index >= 15 is 0 Å². The molecular weight excluding hydrogens is 376 g/mol. The number of benzene rings is 2. The molecule has 152 valence electrons. The molecule has 1 amide bonds. The van der Waals surface area contributed by atoms with Gasteiger partial charge < -0.3 is 10.1 Å². The number of carbonyl (C=O) groups excluding carboxylic acids is 3. The molecule has 0 aliphatic rings. The third kappa shape index (κ3) is 6.24. The normalized spacial score (nSPS) is 10.3. The van der Waals surface area contributed by atoms with Crippen LogP contribution in [0.1, 0.15) is 39.9 Å². The molecule has 0 unspecified atom stereocenters. The zero-order chi connectivity index (χ0) is 21.6. The van der Waals surface area contributed by atoms with Crippen LogP contribution < -0.4 is 5.32 Å². The lowest BCUT2D eigenvalue weighted by Gasteiger charge is -2.08. The molecule has 0 aromatic heterocycles. The number of ether oxygens (including phenoxy) is 1. The molecule has 0 radical (unpaired) electrons. The Balaban J connectivity index is 1.83. The highest BCUT2D eigenvalue weighted by Gasteiger charge is 2.17. The van der Waals surface area contributed by atoms with Crippen LogP contribution in [0.4, 0.5) is 11.4 Å². The molecule has 0 atom stereocenters. The summed E-state index contributed by atoms with van der Waals surface area (Å²) in [6.07, 6.45) is -0.465. The number of rotatable bonds is 8. The maximum absolute atomic E-state index is 12.1. The number of hydrogen-bond acceptors (Lipinski definition) is 6. The number of anilines is 1. The van der Waals surface area contributed by atoms with Gasteiger partial charge in [0.05, 0.1) is 11.3 Å². The van der Waals surface area contributed by atoms with Crippen LogP contribution in [0, 0.1) is 30.9 Å². The summed E-state index contributed by atoms with van der Waals surface area (Å²) < 4.78 is 4.93. The van der Waals surface area contributed by atoms with Gasteiger partial charge in [0.15, 0.2) is 12.4 Å². The number of nitrogens with one attached hydrogen (secondary N) is 1. The van der Waals surface area contributed by atoms with Crippen LogP contribution in [-0.2, 0) is 14.3 Å². The lowest BCUT2D eigenvalue weighted by Crippen LogP contribution is -2.18. The summed E-state index contributed by atoms with van der Waals surface area (Å²) in [4.78, 5) is 46.4.